The van der Waals surface area contributed by atoms with Crippen molar-refractivity contribution in [3.63, 3.8) is 0 Å². The third-order valence-electron chi connectivity index (χ3n) is 13.3. The van der Waals surface area contributed by atoms with Gasteiger partial charge in [0, 0.05) is 17.9 Å². The largest absolute Gasteiger partial charge is 0.461 e. The van der Waals surface area contributed by atoms with E-state index in [9.17, 15) is 14.4 Å². The Morgan fingerprint density at radius 1 is 0.875 bits per heavy atom. The van der Waals surface area contributed by atoms with Gasteiger partial charge in [0.2, 0.25) is 0 Å². The zero-order valence-electron chi connectivity index (χ0n) is 29.6. The van der Waals surface area contributed by atoms with Crippen LogP contribution in [0.15, 0.2) is 30.3 Å². The second kappa shape index (κ2) is 15.6. The SMILES string of the molecule is C[C@H](CCCN(C)Cc1ccccc1)[C@H]1CC[C@H]2C3[C@H](OC(=O)CN)CC4C[C@H](OC(=O)CN)CCC4(C)[C@H]3C[C@H](OC(=O)CN)C12C. The Balaban J connectivity index is 1.38. The topological polar surface area (TPSA) is 160 Å². The standard InChI is InChI=1S/C38H60N4O6/c1-24(9-8-16-42(4)23-25-10-6-5-7-11-25)28-12-13-29-36-30(19-32(38(28,29)3)48-35(45)22-41)37(2)15-14-27(46-33(43)20-39)17-26(37)18-31(36)47-34(44)21-40/h5-7,10-11,24,26-32,36H,8-9,12-23,39-41H2,1-4H3/t24-,26?,27-,28-,29+,30+,31-,32+,36?,37?,38?/m1/s1. The zero-order chi connectivity index (χ0) is 34.6. The molecule has 4 aliphatic carbocycles. The van der Waals surface area contributed by atoms with Crippen LogP contribution in [0.5, 0.6) is 0 Å². The third-order valence-corrected chi connectivity index (χ3v) is 13.3. The summed E-state index contributed by atoms with van der Waals surface area (Å²) in [4.78, 5) is 40.2. The van der Waals surface area contributed by atoms with Crippen molar-refractivity contribution in [1.82, 2.24) is 4.90 Å². The minimum atomic E-state index is -0.389. The van der Waals surface area contributed by atoms with E-state index < -0.39 is 0 Å². The molecule has 48 heavy (non-hydrogen) atoms. The molecule has 6 N–H and O–H groups in total. The number of nitrogens with two attached hydrogens (primary N) is 3. The first-order valence-corrected chi connectivity index (χ1v) is 18.4. The monoisotopic (exact) mass is 668 g/mol. The molecule has 0 saturated heterocycles. The first kappa shape index (κ1) is 36.7. The zero-order valence-corrected chi connectivity index (χ0v) is 29.6. The number of nitrogens with zero attached hydrogens (tertiary/aromatic N) is 1. The molecule has 4 fully saturated rings. The third kappa shape index (κ3) is 7.47. The summed E-state index contributed by atoms with van der Waals surface area (Å²) in [6.07, 6.45) is 7.26. The molecule has 0 radical (unpaired) electrons. The van der Waals surface area contributed by atoms with Gasteiger partial charge in [-0.15, -0.1) is 0 Å². The fourth-order valence-corrected chi connectivity index (χ4v) is 11.0. The van der Waals surface area contributed by atoms with E-state index in [0.717, 1.165) is 51.6 Å². The number of esters is 3. The van der Waals surface area contributed by atoms with Crippen molar-refractivity contribution in [3.05, 3.63) is 35.9 Å². The molecular formula is C38H60N4O6. The molecule has 268 valence electrons. The van der Waals surface area contributed by atoms with Crippen LogP contribution in [0.3, 0.4) is 0 Å². The highest BCUT2D eigenvalue weighted by atomic mass is 16.6. The Morgan fingerprint density at radius 3 is 2.23 bits per heavy atom. The number of fused-ring (bicyclic) bond motifs is 5. The van der Waals surface area contributed by atoms with Gasteiger partial charge in [-0.25, -0.2) is 0 Å². The van der Waals surface area contributed by atoms with Crippen LogP contribution in [-0.2, 0) is 35.1 Å². The minimum Gasteiger partial charge on any atom is -0.461 e. The summed E-state index contributed by atoms with van der Waals surface area (Å²) in [6.45, 7) is 8.57. The number of hydrogen-bond donors (Lipinski definition) is 3. The molecule has 0 spiro atoms. The second-order valence-corrected chi connectivity index (χ2v) is 15.9. The molecule has 10 nitrogen and oxygen atoms in total. The van der Waals surface area contributed by atoms with Gasteiger partial charge in [-0.05, 0) is 112 Å². The Hall–Kier alpha value is -2.53. The van der Waals surface area contributed by atoms with Gasteiger partial charge >= 0.3 is 17.9 Å². The van der Waals surface area contributed by atoms with Gasteiger partial charge in [-0.3, -0.25) is 14.4 Å². The lowest BCUT2D eigenvalue weighted by atomic mass is 9.43. The van der Waals surface area contributed by atoms with Crippen molar-refractivity contribution in [2.45, 2.75) is 103 Å². The van der Waals surface area contributed by atoms with Gasteiger partial charge in [0.1, 0.15) is 18.3 Å². The molecule has 0 aliphatic heterocycles. The molecule has 0 aromatic heterocycles. The summed E-state index contributed by atoms with van der Waals surface area (Å²) in [5.74, 6) is 0.375. The van der Waals surface area contributed by atoms with E-state index in [-0.39, 0.29) is 90.4 Å². The molecule has 4 unspecified atom stereocenters. The van der Waals surface area contributed by atoms with Gasteiger partial charge < -0.3 is 36.3 Å². The maximum Gasteiger partial charge on any atom is 0.319 e. The predicted octanol–water partition coefficient (Wildman–Crippen LogP) is 4.02. The quantitative estimate of drug-likeness (QED) is 0.207. The fraction of sp³-hybridized carbons (Fsp3) is 0.763. The second-order valence-electron chi connectivity index (χ2n) is 15.9. The van der Waals surface area contributed by atoms with Crippen LogP contribution in [0.4, 0.5) is 0 Å². The first-order chi connectivity index (χ1) is 22.9. The molecule has 5 rings (SSSR count). The van der Waals surface area contributed by atoms with Crippen molar-refractivity contribution in [1.29, 1.82) is 0 Å². The van der Waals surface area contributed by atoms with Crippen LogP contribution in [0.1, 0.15) is 84.1 Å². The summed E-state index contributed by atoms with van der Waals surface area (Å²) in [5, 5.41) is 0. The summed E-state index contributed by atoms with van der Waals surface area (Å²) >= 11 is 0. The van der Waals surface area contributed by atoms with Crippen LogP contribution in [-0.4, -0.2) is 74.3 Å². The van der Waals surface area contributed by atoms with Crippen molar-refractivity contribution < 1.29 is 28.6 Å². The van der Waals surface area contributed by atoms with Crippen LogP contribution in [0.2, 0.25) is 0 Å². The average Bonchev–Trinajstić information content (AvgIpc) is 3.43. The van der Waals surface area contributed by atoms with Gasteiger partial charge in [0.05, 0.1) is 19.6 Å². The first-order valence-electron chi connectivity index (χ1n) is 18.4. The molecule has 4 saturated carbocycles. The van der Waals surface area contributed by atoms with Crippen molar-refractivity contribution in [3.8, 4) is 0 Å². The fourth-order valence-electron chi connectivity index (χ4n) is 11.0. The molecule has 1 aromatic carbocycles. The maximum absolute atomic E-state index is 12.9. The summed E-state index contributed by atoms with van der Waals surface area (Å²) in [5.41, 5.74) is 18.2. The minimum absolute atomic E-state index is 0.0797. The molecular weight excluding hydrogens is 608 g/mol. The normalized spacial score (nSPS) is 36.3. The summed E-state index contributed by atoms with van der Waals surface area (Å²) in [7, 11) is 2.18. The van der Waals surface area contributed by atoms with E-state index in [1.165, 1.54) is 5.56 Å². The van der Waals surface area contributed by atoms with Crippen molar-refractivity contribution >= 4 is 17.9 Å². The van der Waals surface area contributed by atoms with Crippen LogP contribution < -0.4 is 17.2 Å². The summed E-state index contributed by atoms with van der Waals surface area (Å²) in [6, 6.07) is 10.6. The van der Waals surface area contributed by atoms with E-state index in [0.29, 0.717) is 31.1 Å². The van der Waals surface area contributed by atoms with Gasteiger partial charge in [0.15, 0.2) is 0 Å². The molecule has 10 heteroatoms. The molecule has 0 bridgehead atoms. The van der Waals surface area contributed by atoms with E-state index >= 15 is 0 Å². The lowest BCUT2D eigenvalue weighted by Gasteiger charge is -2.64. The van der Waals surface area contributed by atoms with E-state index in [1.54, 1.807) is 0 Å². The number of ether oxygens (including phenoxy) is 3. The van der Waals surface area contributed by atoms with E-state index in [1.807, 2.05) is 0 Å². The number of benzene rings is 1. The van der Waals surface area contributed by atoms with Crippen LogP contribution >= 0.6 is 0 Å². The highest BCUT2D eigenvalue weighted by molar-refractivity contribution is 5.72. The smallest absolute Gasteiger partial charge is 0.319 e. The molecule has 0 amide bonds. The molecule has 4 aliphatic rings. The van der Waals surface area contributed by atoms with Gasteiger partial charge in [0.25, 0.3) is 0 Å². The van der Waals surface area contributed by atoms with E-state index in [2.05, 4.69) is 63.1 Å². The number of carbonyl (C=O) groups excluding carboxylic acids is 3. The average molecular weight is 669 g/mol. The summed E-state index contributed by atoms with van der Waals surface area (Å²) < 4.78 is 18.3. The van der Waals surface area contributed by atoms with Gasteiger partial charge in [-0.1, -0.05) is 51.1 Å². The van der Waals surface area contributed by atoms with Crippen LogP contribution in [0, 0.1) is 46.3 Å². The molecule has 0 heterocycles. The van der Waals surface area contributed by atoms with Crippen LogP contribution in [0.25, 0.3) is 0 Å². The number of hydrogen-bond acceptors (Lipinski definition) is 10. The predicted molar refractivity (Wildman–Crippen MR) is 184 cm³/mol. The molecule has 11 atom stereocenters. The van der Waals surface area contributed by atoms with Crippen molar-refractivity contribution in [2.24, 2.45) is 63.5 Å². The Kier molecular flexibility index (Phi) is 11.9. The number of carbonyl (C=O) groups is 3. The molecule has 1 aromatic rings. The van der Waals surface area contributed by atoms with Gasteiger partial charge in [-0.2, -0.15) is 0 Å². The Morgan fingerprint density at radius 2 is 1.54 bits per heavy atom. The Labute approximate surface area is 287 Å². The number of rotatable bonds is 13. The maximum atomic E-state index is 12.9. The highest BCUT2D eigenvalue weighted by Gasteiger charge is 2.67. The lowest BCUT2D eigenvalue weighted by Crippen LogP contribution is -2.63. The lowest BCUT2D eigenvalue weighted by molar-refractivity contribution is -0.225. The Bertz CT molecular complexity index is 1260. The highest BCUT2D eigenvalue weighted by Crippen LogP contribution is 2.69. The van der Waals surface area contributed by atoms with E-state index in [4.69, 9.17) is 31.4 Å². The van der Waals surface area contributed by atoms with Crippen molar-refractivity contribution in [2.75, 3.05) is 33.2 Å².